The van der Waals surface area contributed by atoms with Crippen molar-refractivity contribution in [3.05, 3.63) is 0 Å². The molecule has 0 aromatic heterocycles. The summed E-state index contributed by atoms with van der Waals surface area (Å²) in [6.07, 6.45) is 3.12. The summed E-state index contributed by atoms with van der Waals surface area (Å²) in [4.78, 5) is 11.0. The molecule has 2 aliphatic rings. The summed E-state index contributed by atoms with van der Waals surface area (Å²) in [6.45, 7) is 2.85. The lowest BCUT2D eigenvalue weighted by atomic mass is 9.73. The van der Waals surface area contributed by atoms with Crippen LogP contribution < -0.4 is 0 Å². The summed E-state index contributed by atoms with van der Waals surface area (Å²) in [5.41, 5.74) is 0. The smallest absolute Gasteiger partial charge is 0.306 e. The standard InChI is InChI=1S/C10H16O3/c1-6-5-13-8-4-2-3-7(9(6)8)10(11)12/h6-9H,2-5H2,1H3,(H,11,12)/t6-,7-,8-,9-/m1/s1. The van der Waals surface area contributed by atoms with E-state index in [0.29, 0.717) is 5.92 Å². The third-order valence-electron chi connectivity index (χ3n) is 3.45. The largest absolute Gasteiger partial charge is 0.481 e. The molecule has 1 saturated heterocycles. The zero-order chi connectivity index (χ0) is 9.42. The van der Waals surface area contributed by atoms with Gasteiger partial charge < -0.3 is 9.84 Å². The molecule has 1 N–H and O–H groups in total. The Labute approximate surface area is 78.1 Å². The normalized spacial score (nSPS) is 44.4. The van der Waals surface area contributed by atoms with Crippen molar-refractivity contribution < 1.29 is 14.6 Å². The zero-order valence-corrected chi connectivity index (χ0v) is 7.90. The van der Waals surface area contributed by atoms with Gasteiger partial charge in [-0.05, 0) is 25.2 Å². The lowest BCUT2D eigenvalue weighted by molar-refractivity contribution is -0.146. The van der Waals surface area contributed by atoms with Crippen molar-refractivity contribution in [1.29, 1.82) is 0 Å². The lowest BCUT2D eigenvalue weighted by Crippen LogP contribution is -2.36. The molecular formula is C10H16O3. The van der Waals surface area contributed by atoms with Crippen LogP contribution in [-0.4, -0.2) is 23.8 Å². The average molecular weight is 184 g/mol. The molecule has 0 aromatic carbocycles. The molecule has 1 aliphatic carbocycles. The van der Waals surface area contributed by atoms with Gasteiger partial charge in [0.05, 0.1) is 12.0 Å². The summed E-state index contributed by atoms with van der Waals surface area (Å²) in [5, 5.41) is 9.05. The Hall–Kier alpha value is -0.570. The highest BCUT2D eigenvalue weighted by Crippen LogP contribution is 2.41. The first-order valence-corrected chi connectivity index (χ1v) is 5.04. The van der Waals surface area contributed by atoms with Gasteiger partial charge in [0.15, 0.2) is 0 Å². The van der Waals surface area contributed by atoms with Crippen LogP contribution in [0.5, 0.6) is 0 Å². The van der Waals surface area contributed by atoms with Crippen LogP contribution in [0.25, 0.3) is 0 Å². The van der Waals surface area contributed by atoms with Gasteiger partial charge in [-0.1, -0.05) is 6.92 Å². The first-order chi connectivity index (χ1) is 6.20. The summed E-state index contributed by atoms with van der Waals surface area (Å²) in [7, 11) is 0. The molecule has 0 bridgehead atoms. The van der Waals surface area contributed by atoms with Crippen molar-refractivity contribution >= 4 is 5.97 Å². The van der Waals surface area contributed by atoms with Crippen molar-refractivity contribution in [2.24, 2.45) is 17.8 Å². The van der Waals surface area contributed by atoms with E-state index in [0.717, 1.165) is 25.9 Å². The number of ether oxygens (including phenoxy) is 1. The molecule has 1 heterocycles. The highest BCUT2D eigenvalue weighted by molar-refractivity contribution is 5.70. The minimum absolute atomic E-state index is 0.156. The quantitative estimate of drug-likeness (QED) is 0.672. The second-order valence-electron chi connectivity index (χ2n) is 4.30. The predicted molar refractivity (Wildman–Crippen MR) is 47.4 cm³/mol. The fourth-order valence-corrected chi connectivity index (χ4v) is 2.82. The summed E-state index contributed by atoms with van der Waals surface area (Å²) >= 11 is 0. The van der Waals surface area contributed by atoms with Crippen LogP contribution in [0.1, 0.15) is 26.2 Å². The Bertz CT molecular complexity index is 212. The number of hydrogen-bond acceptors (Lipinski definition) is 2. The van der Waals surface area contributed by atoms with E-state index in [1.165, 1.54) is 0 Å². The van der Waals surface area contributed by atoms with Gasteiger partial charge in [0, 0.05) is 12.5 Å². The molecule has 1 aliphatic heterocycles. The van der Waals surface area contributed by atoms with Gasteiger partial charge in [0.1, 0.15) is 0 Å². The van der Waals surface area contributed by atoms with Crippen LogP contribution in [0, 0.1) is 17.8 Å². The van der Waals surface area contributed by atoms with Gasteiger partial charge in [0.25, 0.3) is 0 Å². The van der Waals surface area contributed by atoms with Gasteiger partial charge in [-0.25, -0.2) is 0 Å². The minimum atomic E-state index is -0.632. The molecule has 3 heteroatoms. The third-order valence-corrected chi connectivity index (χ3v) is 3.45. The molecular weight excluding hydrogens is 168 g/mol. The molecule has 13 heavy (non-hydrogen) atoms. The number of fused-ring (bicyclic) bond motifs is 1. The van der Waals surface area contributed by atoms with Gasteiger partial charge in [-0.2, -0.15) is 0 Å². The van der Waals surface area contributed by atoms with E-state index in [9.17, 15) is 4.79 Å². The molecule has 2 rings (SSSR count). The van der Waals surface area contributed by atoms with E-state index in [2.05, 4.69) is 6.92 Å². The summed E-state index contributed by atoms with van der Waals surface area (Å²) in [5.74, 6) is -0.0963. The number of carbonyl (C=O) groups is 1. The van der Waals surface area contributed by atoms with E-state index in [4.69, 9.17) is 9.84 Å². The molecule has 4 atom stereocenters. The lowest BCUT2D eigenvalue weighted by Gasteiger charge is -2.31. The van der Waals surface area contributed by atoms with Crippen LogP contribution in [0.2, 0.25) is 0 Å². The number of aliphatic carboxylic acids is 1. The Morgan fingerprint density at radius 1 is 1.46 bits per heavy atom. The number of hydrogen-bond donors (Lipinski definition) is 1. The zero-order valence-electron chi connectivity index (χ0n) is 7.90. The molecule has 0 amide bonds. The Morgan fingerprint density at radius 2 is 2.23 bits per heavy atom. The van der Waals surface area contributed by atoms with E-state index in [1.54, 1.807) is 0 Å². The van der Waals surface area contributed by atoms with Gasteiger partial charge in [0.2, 0.25) is 0 Å². The fourth-order valence-electron chi connectivity index (χ4n) is 2.82. The van der Waals surface area contributed by atoms with Crippen molar-refractivity contribution in [2.75, 3.05) is 6.61 Å². The van der Waals surface area contributed by atoms with Crippen LogP contribution >= 0.6 is 0 Å². The van der Waals surface area contributed by atoms with Crippen molar-refractivity contribution in [3.8, 4) is 0 Å². The maximum atomic E-state index is 11.0. The van der Waals surface area contributed by atoms with Crippen LogP contribution in [0.15, 0.2) is 0 Å². The first-order valence-electron chi connectivity index (χ1n) is 5.04. The molecule has 2 fully saturated rings. The van der Waals surface area contributed by atoms with Gasteiger partial charge >= 0.3 is 5.97 Å². The second kappa shape index (κ2) is 3.29. The van der Waals surface area contributed by atoms with E-state index in [1.807, 2.05) is 0 Å². The molecule has 1 saturated carbocycles. The van der Waals surface area contributed by atoms with Gasteiger partial charge in [-0.3, -0.25) is 4.79 Å². The molecule has 0 unspecified atom stereocenters. The van der Waals surface area contributed by atoms with E-state index < -0.39 is 5.97 Å². The van der Waals surface area contributed by atoms with Crippen molar-refractivity contribution in [3.63, 3.8) is 0 Å². The number of carboxylic acid groups (broad SMARTS) is 1. The van der Waals surface area contributed by atoms with E-state index in [-0.39, 0.29) is 17.9 Å². The highest BCUT2D eigenvalue weighted by Gasteiger charge is 2.44. The monoisotopic (exact) mass is 184 g/mol. The maximum absolute atomic E-state index is 11.0. The maximum Gasteiger partial charge on any atom is 0.306 e. The molecule has 74 valence electrons. The summed E-state index contributed by atoms with van der Waals surface area (Å²) < 4.78 is 5.59. The first kappa shape index (κ1) is 9.00. The predicted octanol–water partition coefficient (Wildman–Crippen LogP) is 1.52. The second-order valence-corrected chi connectivity index (χ2v) is 4.30. The molecule has 0 radical (unpaired) electrons. The van der Waals surface area contributed by atoms with Gasteiger partial charge in [-0.15, -0.1) is 0 Å². The Balaban J connectivity index is 2.14. The number of rotatable bonds is 1. The SMILES string of the molecule is C[C@@H]1CO[C@@H]2CCC[C@@H](C(=O)O)[C@@H]12. The van der Waals surface area contributed by atoms with Crippen LogP contribution in [0.4, 0.5) is 0 Å². The number of carboxylic acids is 1. The average Bonchev–Trinajstić information content (AvgIpc) is 2.48. The van der Waals surface area contributed by atoms with Crippen molar-refractivity contribution in [2.45, 2.75) is 32.3 Å². The minimum Gasteiger partial charge on any atom is -0.481 e. The fraction of sp³-hybridized carbons (Fsp3) is 0.900. The van der Waals surface area contributed by atoms with E-state index >= 15 is 0 Å². The molecule has 0 spiro atoms. The highest BCUT2D eigenvalue weighted by atomic mass is 16.5. The van der Waals surface area contributed by atoms with Crippen LogP contribution in [-0.2, 0) is 9.53 Å². The van der Waals surface area contributed by atoms with Crippen molar-refractivity contribution in [1.82, 2.24) is 0 Å². The summed E-state index contributed by atoms with van der Waals surface area (Å²) in [6, 6.07) is 0. The molecule has 3 nitrogen and oxygen atoms in total. The topological polar surface area (TPSA) is 46.5 Å². The molecule has 0 aromatic rings. The Kier molecular flexibility index (Phi) is 2.28. The third kappa shape index (κ3) is 1.46. The van der Waals surface area contributed by atoms with Crippen LogP contribution in [0.3, 0.4) is 0 Å². The Morgan fingerprint density at radius 3 is 2.92 bits per heavy atom.